The molecular weight excluding hydrogens is 353 g/mol. The van der Waals surface area contributed by atoms with Crippen LogP contribution in [0.3, 0.4) is 0 Å². The van der Waals surface area contributed by atoms with E-state index in [1.807, 2.05) is 31.2 Å². The lowest BCUT2D eigenvalue weighted by Crippen LogP contribution is -2.27. The van der Waals surface area contributed by atoms with E-state index < -0.39 is 11.9 Å². The first kappa shape index (κ1) is 18.7. The van der Waals surface area contributed by atoms with E-state index in [-0.39, 0.29) is 17.8 Å². The number of hydrogen-bond donors (Lipinski definition) is 1. The van der Waals surface area contributed by atoms with E-state index in [0.29, 0.717) is 6.42 Å². The number of aliphatic carboxylic acids is 1. The Labute approximate surface area is 164 Å². The first-order valence-electron chi connectivity index (χ1n) is 10.1. The number of benzene rings is 2. The molecule has 1 aliphatic rings. The highest BCUT2D eigenvalue weighted by atomic mass is 19.1. The summed E-state index contributed by atoms with van der Waals surface area (Å²) >= 11 is 0. The third kappa shape index (κ3) is 3.01. The third-order valence-corrected chi connectivity index (χ3v) is 6.32. The second-order valence-corrected chi connectivity index (χ2v) is 7.83. The fraction of sp³-hybridized carbons (Fsp3) is 0.375. The molecule has 3 unspecified atom stereocenters. The number of rotatable bonds is 5. The van der Waals surface area contributed by atoms with Crippen molar-refractivity contribution in [1.29, 1.82) is 0 Å². The first-order chi connectivity index (χ1) is 13.5. The van der Waals surface area contributed by atoms with Gasteiger partial charge in [-0.05, 0) is 61.9 Å². The zero-order valence-electron chi connectivity index (χ0n) is 16.4. The maximum absolute atomic E-state index is 14.1. The quantitative estimate of drug-likeness (QED) is 0.598. The normalized spacial score (nSPS) is 18.6. The second-order valence-electron chi connectivity index (χ2n) is 7.83. The number of carbonyl (C=O) groups is 1. The predicted molar refractivity (Wildman–Crippen MR) is 109 cm³/mol. The number of hydrogen-bond acceptors (Lipinski definition) is 1. The summed E-state index contributed by atoms with van der Waals surface area (Å²) in [6.45, 7) is 4.09. The number of aromatic nitrogens is 1. The molecule has 0 spiro atoms. The van der Waals surface area contributed by atoms with Gasteiger partial charge < -0.3 is 9.67 Å². The maximum Gasteiger partial charge on any atom is 0.307 e. The molecule has 4 rings (SSSR count). The maximum atomic E-state index is 14.1. The van der Waals surface area contributed by atoms with E-state index in [0.717, 1.165) is 41.4 Å². The van der Waals surface area contributed by atoms with Gasteiger partial charge in [-0.2, -0.15) is 0 Å². The molecule has 3 aromatic rings. The minimum absolute atomic E-state index is 0.0461. The van der Waals surface area contributed by atoms with E-state index in [1.165, 1.54) is 11.6 Å². The SMILES string of the molecule is CCC(C(=O)O)C1CCCc2c1n(C(C)c1ccccc1)c1ccc(F)cc21. The van der Waals surface area contributed by atoms with Crippen molar-refractivity contribution in [1.82, 2.24) is 4.57 Å². The van der Waals surface area contributed by atoms with Crippen LogP contribution < -0.4 is 0 Å². The molecule has 0 saturated carbocycles. The van der Waals surface area contributed by atoms with Crippen molar-refractivity contribution < 1.29 is 14.3 Å². The number of nitrogens with zero attached hydrogens (tertiary/aromatic N) is 1. The van der Waals surface area contributed by atoms with Crippen molar-refractivity contribution in [3.63, 3.8) is 0 Å². The third-order valence-electron chi connectivity index (χ3n) is 6.32. The van der Waals surface area contributed by atoms with Gasteiger partial charge in [0.25, 0.3) is 0 Å². The topological polar surface area (TPSA) is 42.2 Å². The standard InChI is InChI=1S/C24H26FNO2/c1-3-18(24(27)28)19-10-7-11-20-21-14-17(25)12-13-22(21)26(23(19)20)15(2)16-8-5-4-6-9-16/h4-6,8-9,12-15,18-19H,3,7,10-11H2,1-2H3,(H,27,28). The fourth-order valence-electron chi connectivity index (χ4n) is 4.99. The Kier molecular flexibility index (Phi) is 4.96. The lowest BCUT2D eigenvalue weighted by molar-refractivity contribution is -0.142. The van der Waals surface area contributed by atoms with Crippen LogP contribution in [0.5, 0.6) is 0 Å². The monoisotopic (exact) mass is 379 g/mol. The van der Waals surface area contributed by atoms with Crippen LogP contribution in [0, 0.1) is 11.7 Å². The van der Waals surface area contributed by atoms with E-state index in [4.69, 9.17) is 0 Å². The summed E-state index contributed by atoms with van der Waals surface area (Å²) in [6.07, 6.45) is 3.26. The molecule has 3 atom stereocenters. The van der Waals surface area contributed by atoms with Crippen molar-refractivity contribution in [3.8, 4) is 0 Å². The van der Waals surface area contributed by atoms with Gasteiger partial charge >= 0.3 is 5.97 Å². The number of carboxylic acids is 1. The van der Waals surface area contributed by atoms with Crippen LogP contribution in [0.2, 0.25) is 0 Å². The molecule has 1 aliphatic carbocycles. The van der Waals surface area contributed by atoms with Crippen LogP contribution in [0.15, 0.2) is 48.5 Å². The minimum Gasteiger partial charge on any atom is -0.481 e. The van der Waals surface area contributed by atoms with Crippen LogP contribution in [0.1, 0.15) is 61.9 Å². The molecule has 0 amide bonds. The highest BCUT2D eigenvalue weighted by Crippen LogP contribution is 2.45. The summed E-state index contributed by atoms with van der Waals surface area (Å²) in [6, 6.07) is 15.2. The smallest absolute Gasteiger partial charge is 0.307 e. The second kappa shape index (κ2) is 7.42. The summed E-state index contributed by atoms with van der Waals surface area (Å²) in [4.78, 5) is 12.0. The average Bonchev–Trinajstić information content (AvgIpc) is 3.03. The van der Waals surface area contributed by atoms with Crippen molar-refractivity contribution in [3.05, 3.63) is 71.2 Å². The lowest BCUT2D eigenvalue weighted by Gasteiger charge is -2.31. The van der Waals surface area contributed by atoms with E-state index >= 15 is 0 Å². The van der Waals surface area contributed by atoms with Crippen LogP contribution in [-0.2, 0) is 11.2 Å². The van der Waals surface area contributed by atoms with Crippen LogP contribution in [0.25, 0.3) is 10.9 Å². The Morgan fingerprint density at radius 2 is 2.00 bits per heavy atom. The van der Waals surface area contributed by atoms with Crippen LogP contribution in [0.4, 0.5) is 4.39 Å². The molecule has 2 aromatic carbocycles. The fourth-order valence-corrected chi connectivity index (χ4v) is 4.99. The molecule has 1 aromatic heterocycles. The van der Waals surface area contributed by atoms with Gasteiger partial charge in [0.1, 0.15) is 5.82 Å². The van der Waals surface area contributed by atoms with Crippen molar-refractivity contribution >= 4 is 16.9 Å². The Hall–Kier alpha value is -2.62. The molecular formula is C24H26FNO2. The summed E-state index contributed by atoms with van der Waals surface area (Å²) in [7, 11) is 0. The Bertz CT molecular complexity index is 1010. The van der Waals surface area contributed by atoms with Gasteiger partial charge in [-0.3, -0.25) is 4.79 Å². The molecule has 3 nitrogen and oxygen atoms in total. The molecule has 1 N–H and O–H groups in total. The zero-order chi connectivity index (χ0) is 19.8. The zero-order valence-corrected chi connectivity index (χ0v) is 16.4. The number of aryl methyl sites for hydroxylation is 1. The number of halogens is 1. The lowest BCUT2D eigenvalue weighted by atomic mass is 9.77. The van der Waals surface area contributed by atoms with Crippen LogP contribution in [-0.4, -0.2) is 15.6 Å². The van der Waals surface area contributed by atoms with Gasteiger partial charge in [0, 0.05) is 22.5 Å². The van der Waals surface area contributed by atoms with Crippen LogP contribution >= 0.6 is 0 Å². The molecule has 146 valence electrons. The molecule has 0 aliphatic heterocycles. The molecule has 28 heavy (non-hydrogen) atoms. The molecule has 0 fully saturated rings. The van der Waals surface area contributed by atoms with Gasteiger partial charge in [0.05, 0.1) is 12.0 Å². The summed E-state index contributed by atoms with van der Waals surface area (Å²) in [5.74, 6) is -1.45. The number of fused-ring (bicyclic) bond motifs is 3. The van der Waals surface area contributed by atoms with Crippen molar-refractivity contribution in [2.75, 3.05) is 0 Å². The van der Waals surface area contributed by atoms with Gasteiger partial charge in [0.15, 0.2) is 0 Å². The van der Waals surface area contributed by atoms with Crippen molar-refractivity contribution in [2.24, 2.45) is 5.92 Å². The average molecular weight is 379 g/mol. The van der Waals surface area contributed by atoms with Gasteiger partial charge in [-0.15, -0.1) is 0 Å². The summed E-state index contributed by atoms with van der Waals surface area (Å²) in [5.41, 5.74) is 4.39. The summed E-state index contributed by atoms with van der Waals surface area (Å²) < 4.78 is 16.4. The molecule has 0 bridgehead atoms. The largest absolute Gasteiger partial charge is 0.481 e. The number of carboxylic acid groups (broad SMARTS) is 1. The predicted octanol–water partition coefficient (Wildman–Crippen LogP) is 5.92. The highest BCUT2D eigenvalue weighted by molar-refractivity contribution is 5.87. The molecule has 0 saturated heterocycles. The van der Waals surface area contributed by atoms with Gasteiger partial charge in [0.2, 0.25) is 0 Å². The first-order valence-corrected chi connectivity index (χ1v) is 10.1. The molecule has 1 heterocycles. The minimum atomic E-state index is -0.740. The Balaban J connectivity index is 1.99. The summed E-state index contributed by atoms with van der Waals surface area (Å²) in [5, 5.41) is 10.8. The highest BCUT2D eigenvalue weighted by Gasteiger charge is 2.36. The van der Waals surface area contributed by atoms with E-state index in [2.05, 4.69) is 23.6 Å². The van der Waals surface area contributed by atoms with Gasteiger partial charge in [-0.25, -0.2) is 4.39 Å². The van der Waals surface area contributed by atoms with E-state index in [9.17, 15) is 14.3 Å². The Morgan fingerprint density at radius 3 is 2.68 bits per heavy atom. The van der Waals surface area contributed by atoms with Crippen molar-refractivity contribution in [2.45, 2.75) is 51.5 Å². The molecule has 0 radical (unpaired) electrons. The van der Waals surface area contributed by atoms with Gasteiger partial charge in [-0.1, -0.05) is 37.3 Å². The van der Waals surface area contributed by atoms with E-state index in [1.54, 1.807) is 6.07 Å². The molecule has 4 heteroatoms. The Morgan fingerprint density at radius 1 is 1.25 bits per heavy atom.